The van der Waals surface area contributed by atoms with E-state index in [0.29, 0.717) is 24.1 Å². The third-order valence-electron chi connectivity index (χ3n) is 3.59. The number of imidazole rings is 1. The van der Waals surface area contributed by atoms with Gasteiger partial charge in [-0.05, 0) is 18.6 Å². The summed E-state index contributed by atoms with van der Waals surface area (Å²) >= 11 is 0.957. The summed E-state index contributed by atoms with van der Waals surface area (Å²) in [6.45, 7) is 3.06. The maximum Gasteiger partial charge on any atom is 0.434 e. The lowest BCUT2D eigenvalue weighted by molar-refractivity contribution is -0.140. The largest absolute Gasteiger partial charge is 0.434 e. The van der Waals surface area contributed by atoms with Crippen molar-refractivity contribution in [2.24, 2.45) is 4.99 Å². The molecular formula is C17H18F3N7S. The number of hydrogen-bond acceptors (Lipinski definition) is 5. The SMILES string of the molecule is CCNC(=NCc1ccc(-n2ccnc2)nc1)NCc1nc(C(F)(F)F)cs1. The van der Waals surface area contributed by atoms with E-state index in [-0.39, 0.29) is 6.54 Å². The van der Waals surface area contributed by atoms with Gasteiger partial charge in [-0.15, -0.1) is 11.3 Å². The van der Waals surface area contributed by atoms with Crippen LogP contribution in [0, 0.1) is 0 Å². The molecule has 3 rings (SSSR count). The number of aromatic nitrogens is 4. The van der Waals surface area contributed by atoms with Crippen LogP contribution in [0.15, 0.2) is 47.4 Å². The maximum atomic E-state index is 12.6. The Bertz CT molecular complexity index is 902. The van der Waals surface area contributed by atoms with Gasteiger partial charge in [0.1, 0.15) is 17.2 Å². The van der Waals surface area contributed by atoms with Crippen molar-refractivity contribution < 1.29 is 13.2 Å². The Morgan fingerprint density at radius 2 is 2.14 bits per heavy atom. The van der Waals surface area contributed by atoms with Gasteiger partial charge in [0, 0.05) is 30.5 Å². The molecule has 7 nitrogen and oxygen atoms in total. The predicted molar refractivity (Wildman–Crippen MR) is 100 cm³/mol. The number of pyridine rings is 1. The zero-order valence-corrected chi connectivity index (χ0v) is 15.8. The van der Waals surface area contributed by atoms with Crippen molar-refractivity contribution in [2.75, 3.05) is 6.54 Å². The molecule has 0 aliphatic heterocycles. The fraction of sp³-hybridized carbons (Fsp3) is 0.294. The van der Waals surface area contributed by atoms with Gasteiger partial charge in [0.15, 0.2) is 11.7 Å². The third kappa shape index (κ3) is 5.28. The minimum atomic E-state index is -4.43. The standard InChI is InChI=1S/C17H18F3N7S/c1-2-22-16(25-9-15-26-13(10-28-15)17(18,19)20)24-8-12-3-4-14(23-7-12)27-6-5-21-11-27/h3-7,10-11H,2,8-9H2,1H3,(H2,22,24,25). The van der Waals surface area contributed by atoms with Crippen LogP contribution in [0.4, 0.5) is 13.2 Å². The topological polar surface area (TPSA) is 80.0 Å². The van der Waals surface area contributed by atoms with E-state index in [2.05, 4.69) is 30.6 Å². The van der Waals surface area contributed by atoms with Crippen LogP contribution in [0.1, 0.15) is 23.2 Å². The molecule has 28 heavy (non-hydrogen) atoms. The molecule has 0 radical (unpaired) electrons. The number of hydrogen-bond donors (Lipinski definition) is 2. The molecule has 11 heteroatoms. The first kappa shape index (κ1) is 19.8. The van der Waals surface area contributed by atoms with Crippen molar-refractivity contribution in [1.29, 1.82) is 0 Å². The van der Waals surface area contributed by atoms with Crippen molar-refractivity contribution in [1.82, 2.24) is 30.2 Å². The fourth-order valence-corrected chi connectivity index (χ4v) is 2.99. The first-order valence-corrected chi connectivity index (χ1v) is 9.30. The summed E-state index contributed by atoms with van der Waals surface area (Å²) in [5.74, 6) is 1.24. The molecule has 0 aliphatic carbocycles. The molecule has 0 spiro atoms. The summed E-state index contributed by atoms with van der Waals surface area (Å²) in [6, 6.07) is 3.77. The number of rotatable bonds is 6. The van der Waals surface area contributed by atoms with Crippen LogP contribution in [0.2, 0.25) is 0 Å². The van der Waals surface area contributed by atoms with Crippen molar-refractivity contribution in [3.8, 4) is 5.82 Å². The van der Waals surface area contributed by atoms with E-state index in [9.17, 15) is 13.2 Å². The van der Waals surface area contributed by atoms with Crippen LogP contribution in [-0.2, 0) is 19.3 Å². The highest BCUT2D eigenvalue weighted by molar-refractivity contribution is 7.09. The second kappa shape index (κ2) is 8.83. The average molecular weight is 409 g/mol. The summed E-state index contributed by atoms with van der Waals surface area (Å²) in [5, 5.41) is 7.39. The number of nitrogens with one attached hydrogen (secondary N) is 2. The summed E-state index contributed by atoms with van der Waals surface area (Å²) in [6.07, 6.45) is 2.43. The molecule has 0 aromatic carbocycles. The van der Waals surface area contributed by atoms with Crippen molar-refractivity contribution in [3.63, 3.8) is 0 Å². The third-order valence-corrected chi connectivity index (χ3v) is 4.44. The van der Waals surface area contributed by atoms with E-state index in [1.54, 1.807) is 29.5 Å². The maximum absolute atomic E-state index is 12.6. The van der Waals surface area contributed by atoms with Gasteiger partial charge in [-0.3, -0.25) is 4.57 Å². The van der Waals surface area contributed by atoms with Crippen LogP contribution in [0.25, 0.3) is 5.82 Å². The number of aliphatic imine (C=N–C) groups is 1. The lowest BCUT2D eigenvalue weighted by Crippen LogP contribution is -2.36. The van der Waals surface area contributed by atoms with Crippen molar-refractivity contribution >= 4 is 17.3 Å². The van der Waals surface area contributed by atoms with Crippen LogP contribution in [0.3, 0.4) is 0 Å². The number of thiazole rings is 1. The van der Waals surface area contributed by atoms with Gasteiger partial charge in [-0.2, -0.15) is 13.2 Å². The summed E-state index contributed by atoms with van der Waals surface area (Å²) in [7, 11) is 0. The molecular weight excluding hydrogens is 391 g/mol. The van der Waals surface area contributed by atoms with E-state index < -0.39 is 11.9 Å². The molecule has 0 atom stereocenters. The lowest BCUT2D eigenvalue weighted by Gasteiger charge is -2.10. The van der Waals surface area contributed by atoms with Gasteiger partial charge < -0.3 is 10.6 Å². The van der Waals surface area contributed by atoms with E-state index in [1.807, 2.05) is 19.1 Å². The van der Waals surface area contributed by atoms with E-state index in [1.165, 1.54) is 0 Å². The van der Waals surface area contributed by atoms with E-state index in [4.69, 9.17) is 0 Å². The highest BCUT2D eigenvalue weighted by Crippen LogP contribution is 2.29. The summed E-state index contributed by atoms with van der Waals surface area (Å²) in [5.41, 5.74) is 0.0231. The van der Waals surface area contributed by atoms with E-state index >= 15 is 0 Å². The monoisotopic (exact) mass is 409 g/mol. The van der Waals surface area contributed by atoms with Crippen LogP contribution in [-0.4, -0.2) is 32.0 Å². The van der Waals surface area contributed by atoms with Gasteiger partial charge in [0.05, 0.1) is 13.1 Å². The number of halogens is 3. The van der Waals surface area contributed by atoms with Gasteiger partial charge in [-0.1, -0.05) is 6.07 Å². The summed E-state index contributed by atoms with van der Waals surface area (Å²) < 4.78 is 39.7. The lowest BCUT2D eigenvalue weighted by atomic mass is 10.3. The highest BCUT2D eigenvalue weighted by atomic mass is 32.1. The quantitative estimate of drug-likeness (QED) is 0.483. The molecule has 0 saturated heterocycles. The molecule has 0 bridgehead atoms. The number of alkyl halides is 3. The molecule has 0 fully saturated rings. The minimum absolute atomic E-state index is 0.157. The van der Waals surface area contributed by atoms with E-state index in [0.717, 1.165) is 28.1 Å². The predicted octanol–water partition coefficient (Wildman–Crippen LogP) is 3.00. The molecule has 0 amide bonds. The van der Waals surface area contributed by atoms with Gasteiger partial charge in [0.25, 0.3) is 0 Å². The smallest absolute Gasteiger partial charge is 0.357 e. The number of guanidine groups is 1. The minimum Gasteiger partial charge on any atom is -0.357 e. The molecule has 3 aromatic rings. The highest BCUT2D eigenvalue weighted by Gasteiger charge is 2.33. The first-order chi connectivity index (χ1) is 13.5. The van der Waals surface area contributed by atoms with Crippen molar-refractivity contribution in [2.45, 2.75) is 26.2 Å². The molecule has 148 valence electrons. The Hall–Kier alpha value is -2.95. The molecule has 0 unspecified atom stereocenters. The van der Waals surface area contributed by atoms with Crippen LogP contribution >= 0.6 is 11.3 Å². The summed E-state index contributed by atoms with van der Waals surface area (Å²) in [4.78, 5) is 16.4. The fourth-order valence-electron chi connectivity index (χ4n) is 2.25. The zero-order chi connectivity index (χ0) is 20.0. The Kier molecular flexibility index (Phi) is 6.24. The zero-order valence-electron chi connectivity index (χ0n) is 14.9. The molecule has 2 N–H and O–H groups in total. The first-order valence-electron chi connectivity index (χ1n) is 8.42. The second-order valence-electron chi connectivity index (χ2n) is 5.67. The molecule has 0 aliphatic rings. The Balaban J connectivity index is 1.60. The molecule has 3 aromatic heterocycles. The van der Waals surface area contributed by atoms with Gasteiger partial charge in [0.2, 0.25) is 0 Å². The van der Waals surface area contributed by atoms with Crippen LogP contribution < -0.4 is 10.6 Å². The molecule has 3 heterocycles. The Labute approximate surface area is 163 Å². The molecule has 0 saturated carbocycles. The van der Waals surface area contributed by atoms with Crippen molar-refractivity contribution in [3.05, 3.63) is 58.7 Å². The Morgan fingerprint density at radius 3 is 2.75 bits per heavy atom. The normalized spacial score (nSPS) is 12.2. The van der Waals surface area contributed by atoms with Gasteiger partial charge >= 0.3 is 6.18 Å². The second-order valence-corrected chi connectivity index (χ2v) is 6.61. The average Bonchev–Trinajstić information content (AvgIpc) is 3.36. The Morgan fingerprint density at radius 1 is 1.29 bits per heavy atom. The number of nitrogens with zero attached hydrogens (tertiary/aromatic N) is 5. The van der Waals surface area contributed by atoms with Crippen LogP contribution in [0.5, 0.6) is 0 Å². The van der Waals surface area contributed by atoms with Gasteiger partial charge in [-0.25, -0.2) is 19.9 Å².